The van der Waals surface area contributed by atoms with Crippen LogP contribution < -0.4 is 0 Å². The summed E-state index contributed by atoms with van der Waals surface area (Å²) in [6.07, 6.45) is 3.20. The second-order valence-electron chi connectivity index (χ2n) is 2.32. The summed E-state index contributed by atoms with van der Waals surface area (Å²) in [6.45, 7) is 1.89. The maximum atomic E-state index is 9.75. The van der Waals surface area contributed by atoms with E-state index in [1.165, 1.54) is 6.20 Å². The average Bonchev–Trinajstić information content (AvgIpc) is 2.01. The maximum Gasteiger partial charge on any atom is 0.673 e. The van der Waals surface area contributed by atoms with Gasteiger partial charge in [0.05, 0.1) is 0 Å². The van der Waals surface area contributed by atoms with E-state index in [0.29, 0.717) is 5.69 Å². The van der Waals surface area contributed by atoms with Crippen molar-refractivity contribution in [2.45, 2.75) is 6.92 Å². The third-order valence-corrected chi connectivity index (χ3v) is 0.976. The third kappa shape index (κ3) is 8.45. The van der Waals surface area contributed by atoms with E-state index >= 15 is 0 Å². The van der Waals surface area contributed by atoms with Gasteiger partial charge in [-0.25, -0.2) is 0 Å². The Bertz CT molecular complexity index is 327. The van der Waals surface area contributed by atoms with Crippen LogP contribution in [-0.4, -0.2) is 12.2 Å². The van der Waals surface area contributed by atoms with Crippen molar-refractivity contribution in [3.05, 3.63) is 29.0 Å². The fourth-order valence-corrected chi connectivity index (χ4v) is 0.594. The minimum absolute atomic E-state index is 0.495. The van der Waals surface area contributed by atoms with Crippen molar-refractivity contribution in [3.63, 3.8) is 0 Å². The first-order valence-corrected chi connectivity index (χ1v) is 3.47. The van der Waals surface area contributed by atoms with Crippen molar-refractivity contribution in [2.24, 2.45) is 0 Å². The van der Waals surface area contributed by atoms with Crippen LogP contribution >= 0.6 is 0 Å². The van der Waals surface area contributed by atoms with Crippen molar-refractivity contribution in [1.29, 1.82) is 5.39 Å². The third-order valence-electron chi connectivity index (χ3n) is 0.976. The molecule has 0 bridgehead atoms. The first-order chi connectivity index (χ1) is 6.33. The van der Waals surface area contributed by atoms with Crippen LogP contribution in [0.15, 0.2) is 18.5 Å². The summed E-state index contributed by atoms with van der Waals surface area (Å²) in [4.78, 5) is 6.77. The number of rotatable bonds is 0. The van der Waals surface area contributed by atoms with E-state index in [-0.39, 0.29) is 0 Å². The van der Waals surface area contributed by atoms with Crippen molar-refractivity contribution in [3.8, 4) is 0 Å². The van der Waals surface area contributed by atoms with Crippen LogP contribution in [0.5, 0.6) is 0 Å². The maximum absolute atomic E-state index is 9.75. The highest BCUT2D eigenvalue weighted by molar-refractivity contribution is 6.50. The Kier molecular flexibility index (Phi) is 4.56. The molecule has 1 aromatic heterocycles. The first kappa shape index (κ1) is 12.4. The van der Waals surface area contributed by atoms with Crippen molar-refractivity contribution >= 4 is 12.9 Å². The van der Waals surface area contributed by atoms with Gasteiger partial charge in [-0.15, -0.1) is 0 Å². The van der Waals surface area contributed by atoms with Gasteiger partial charge in [0, 0.05) is 12.3 Å². The van der Waals surface area contributed by atoms with Crippen LogP contribution in [0.3, 0.4) is 0 Å². The molecule has 0 atom stereocenters. The molecular weight excluding hydrogens is 201 g/mol. The first-order valence-electron chi connectivity index (χ1n) is 3.47. The summed E-state index contributed by atoms with van der Waals surface area (Å²) >= 11 is 0. The van der Waals surface area contributed by atoms with E-state index in [1.807, 2.05) is 6.92 Å². The smallest absolute Gasteiger partial charge is 0.418 e. The van der Waals surface area contributed by atoms with Gasteiger partial charge in [-0.2, -0.15) is 0 Å². The quantitative estimate of drug-likeness (QED) is 0.372. The lowest BCUT2D eigenvalue weighted by molar-refractivity contribution is 0.368. The van der Waals surface area contributed by atoms with Crippen LogP contribution in [-0.2, 0) is 0 Å². The molecule has 0 aliphatic carbocycles. The Labute approximate surface area is 77.5 Å². The van der Waals surface area contributed by atoms with Crippen LogP contribution in [0.2, 0.25) is 0 Å². The van der Waals surface area contributed by atoms with Gasteiger partial charge in [-0.1, -0.05) is 0 Å². The Morgan fingerprint density at radius 2 is 1.79 bits per heavy atom. The number of aryl methyl sites for hydroxylation is 1. The van der Waals surface area contributed by atoms with E-state index in [4.69, 9.17) is 5.39 Å². The topological polar surface area (TPSA) is 41.0 Å². The largest absolute Gasteiger partial charge is 0.673 e. The number of nitrogens with zero attached hydrogens (tertiary/aromatic N) is 3. The normalized spacial score (nSPS) is 9.71. The fraction of sp³-hybridized carbons (Fsp3) is 0.167. The zero-order valence-corrected chi connectivity index (χ0v) is 7.16. The minimum atomic E-state index is -6.00. The predicted octanol–water partition coefficient (Wildman–Crippen LogP) is 3.17. The highest BCUT2D eigenvalue weighted by Gasteiger charge is 2.20. The molecule has 1 heterocycles. The Balaban J connectivity index is 0.000000292. The van der Waals surface area contributed by atoms with E-state index in [9.17, 15) is 17.3 Å². The lowest BCUT2D eigenvalue weighted by Crippen LogP contribution is -2.02. The number of halogens is 4. The number of hydrogen-bond donors (Lipinski definition) is 0. The van der Waals surface area contributed by atoms with Crippen LogP contribution in [0, 0.1) is 12.3 Å². The molecule has 0 N–H and O–H groups in total. The molecule has 0 fully saturated rings. The highest BCUT2D eigenvalue weighted by atomic mass is 19.5. The highest BCUT2D eigenvalue weighted by Crippen LogP contribution is 2.09. The fourth-order valence-electron chi connectivity index (χ4n) is 0.594. The number of pyridine rings is 1. The zero-order chi connectivity index (χ0) is 11.2. The van der Waals surface area contributed by atoms with Crippen LogP contribution in [0.4, 0.5) is 23.0 Å². The number of diazo groups is 1. The summed E-state index contributed by atoms with van der Waals surface area (Å²) in [5.74, 6) is 0. The van der Waals surface area contributed by atoms with Crippen molar-refractivity contribution in [2.75, 3.05) is 0 Å². The summed E-state index contributed by atoms with van der Waals surface area (Å²) < 4.78 is 39.0. The summed E-state index contributed by atoms with van der Waals surface area (Å²) in [5.41, 5.74) is 1.49. The van der Waals surface area contributed by atoms with E-state index in [0.717, 1.165) is 5.56 Å². The Hall–Kier alpha value is -1.65. The molecule has 0 aromatic carbocycles. The van der Waals surface area contributed by atoms with Gasteiger partial charge in [0.25, 0.3) is 0 Å². The molecule has 3 nitrogen and oxygen atoms in total. The second kappa shape index (κ2) is 5.16. The standard InChI is InChI=1S/C6H6N3.BF4/c1-5-2-6(9-7)4-8-3-5;2-1(3,4)5/h2-4H,1H3;/q+1;-1. The molecule has 1 rings (SSSR count). The molecule has 0 unspecified atom stereocenters. The van der Waals surface area contributed by atoms with Gasteiger partial charge in [-0.05, 0) is 12.5 Å². The lowest BCUT2D eigenvalue weighted by Gasteiger charge is -1.94. The Morgan fingerprint density at radius 3 is 2.07 bits per heavy atom. The van der Waals surface area contributed by atoms with Gasteiger partial charge in [0.2, 0.25) is 5.39 Å². The zero-order valence-electron chi connectivity index (χ0n) is 7.16. The second-order valence-corrected chi connectivity index (χ2v) is 2.32. The SMILES string of the molecule is Cc1cncc([N+]#N)c1.F[B-](F)(F)F. The molecule has 0 saturated carbocycles. The molecule has 0 radical (unpaired) electrons. The minimum Gasteiger partial charge on any atom is -0.418 e. The molecule has 0 saturated heterocycles. The lowest BCUT2D eigenvalue weighted by atomic mass is 10.3. The van der Waals surface area contributed by atoms with Gasteiger partial charge in [0.1, 0.15) is 6.20 Å². The van der Waals surface area contributed by atoms with Crippen LogP contribution in [0.1, 0.15) is 5.56 Å². The molecule has 0 spiro atoms. The molecular formula is C6H6BF4N3. The number of hydrogen-bond acceptors (Lipinski definition) is 2. The molecule has 0 amide bonds. The number of aromatic nitrogens is 1. The monoisotopic (exact) mass is 207 g/mol. The Morgan fingerprint density at radius 1 is 1.29 bits per heavy atom. The van der Waals surface area contributed by atoms with Crippen LogP contribution in [0.25, 0.3) is 4.98 Å². The van der Waals surface area contributed by atoms with Gasteiger partial charge in [-0.3, -0.25) is 4.98 Å². The molecule has 14 heavy (non-hydrogen) atoms. The van der Waals surface area contributed by atoms with Gasteiger partial charge < -0.3 is 17.3 Å². The van der Waals surface area contributed by atoms with E-state index in [2.05, 4.69) is 9.96 Å². The molecule has 1 aromatic rings. The summed E-state index contributed by atoms with van der Waals surface area (Å²) in [7, 11) is -6.00. The average molecular weight is 207 g/mol. The van der Waals surface area contributed by atoms with Crippen molar-refractivity contribution < 1.29 is 17.3 Å². The molecule has 0 aliphatic heterocycles. The summed E-state index contributed by atoms with van der Waals surface area (Å²) in [5, 5.41) is 8.25. The van der Waals surface area contributed by atoms with Crippen molar-refractivity contribution in [1.82, 2.24) is 4.98 Å². The van der Waals surface area contributed by atoms with Gasteiger partial charge >= 0.3 is 12.9 Å². The molecule has 8 heteroatoms. The van der Waals surface area contributed by atoms with E-state index < -0.39 is 7.25 Å². The summed E-state index contributed by atoms with van der Waals surface area (Å²) in [6, 6.07) is 1.74. The predicted molar refractivity (Wildman–Crippen MR) is 43.9 cm³/mol. The molecule has 0 aliphatic rings. The molecule has 76 valence electrons. The van der Waals surface area contributed by atoms with E-state index in [1.54, 1.807) is 12.3 Å². The van der Waals surface area contributed by atoms with Gasteiger partial charge in [0.15, 0.2) is 4.98 Å².